The molecule has 8 nitrogen and oxygen atoms in total. The zero-order chi connectivity index (χ0) is 23.3. The summed E-state index contributed by atoms with van der Waals surface area (Å²) in [4.78, 5) is 20.9. The number of benzene rings is 1. The Bertz CT molecular complexity index is 1270. The first-order valence-electron chi connectivity index (χ1n) is 8.99. The van der Waals surface area contributed by atoms with E-state index in [1.54, 1.807) is 30.3 Å². The summed E-state index contributed by atoms with van der Waals surface area (Å²) in [5.74, 6) is 0.00700. The normalized spacial score (nSPS) is 11.1. The summed E-state index contributed by atoms with van der Waals surface area (Å²) in [5, 5.41) is 20.7. The van der Waals surface area contributed by atoms with Gasteiger partial charge in [0.05, 0.1) is 15.3 Å². The number of thiophene rings is 1. The third-order valence-corrected chi connectivity index (χ3v) is 6.03. The first-order valence-corrected chi connectivity index (χ1v) is 10.6. The number of nitriles is 1. The Hall–Kier alpha value is -3.29. The fourth-order valence-electron chi connectivity index (χ4n) is 2.95. The second-order valence-electron chi connectivity index (χ2n) is 6.30. The Morgan fingerprint density at radius 3 is 2.84 bits per heavy atom. The van der Waals surface area contributed by atoms with Gasteiger partial charge >= 0.3 is 0 Å². The maximum absolute atomic E-state index is 11.8. The van der Waals surface area contributed by atoms with Crippen LogP contribution < -0.4 is 11.1 Å². The Labute approximate surface area is 197 Å². The number of aromatic nitrogens is 1. The number of aliphatic imine (C=N–C) groups is 1. The van der Waals surface area contributed by atoms with Gasteiger partial charge in [0, 0.05) is 34.5 Å². The van der Waals surface area contributed by atoms with Crippen LogP contribution in [0.25, 0.3) is 21.6 Å². The van der Waals surface area contributed by atoms with Crippen molar-refractivity contribution >= 4 is 58.4 Å². The van der Waals surface area contributed by atoms with Crippen LogP contribution >= 0.6 is 34.5 Å². The highest BCUT2D eigenvalue weighted by atomic mass is 35.5. The molecule has 1 aromatic carbocycles. The molecule has 0 spiro atoms. The number of amides is 1. The summed E-state index contributed by atoms with van der Waals surface area (Å²) >= 11 is 13.7. The molecule has 3 rings (SSSR count). The zero-order valence-corrected chi connectivity index (χ0v) is 19.0. The van der Waals surface area contributed by atoms with Crippen LogP contribution in [0.4, 0.5) is 5.82 Å². The topological polar surface area (TPSA) is 137 Å². The Morgan fingerprint density at radius 1 is 1.41 bits per heavy atom. The molecule has 2 aromatic heterocycles. The van der Waals surface area contributed by atoms with Crippen molar-refractivity contribution in [1.82, 2.24) is 4.98 Å². The lowest BCUT2D eigenvalue weighted by atomic mass is 9.98. The molecular formula is C21H16Cl2N6O2S. The molecule has 4 N–H and O–H groups in total. The van der Waals surface area contributed by atoms with E-state index in [0.29, 0.717) is 47.9 Å². The molecule has 0 aliphatic rings. The van der Waals surface area contributed by atoms with Crippen LogP contribution in [0.3, 0.4) is 0 Å². The van der Waals surface area contributed by atoms with E-state index in [9.17, 15) is 10.1 Å². The molecule has 0 unspecified atom stereocenters. The van der Waals surface area contributed by atoms with E-state index in [4.69, 9.17) is 39.1 Å². The minimum absolute atomic E-state index is 0.0662. The molecule has 0 bridgehead atoms. The molecular weight excluding hydrogens is 471 g/mol. The summed E-state index contributed by atoms with van der Waals surface area (Å²) in [6, 6.07) is 10.5. The van der Waals surface area contributed by atoms with Gasteiger partial charge in [-0.2, -0.15) is 5.26 Å². The lowest BCUT2D eigenvalue weighted by Gasteiger charge is -2.08. The fourth-order valence-corrected chi connectivity index (χ4v) is 4.62. The van der Waals surface area contributed by atoms with Gasteiger partial charge in [-0.15, -0.1) is 11.3 Å². The van der Waals surface area contributed by atoms with Gasteiger partial charge in [0.1, 0.15) is 30.7 Å². The number of nitrogens with two attached hydrogens (primary N) is 1. The monoisotopic (exact) mass is 486 g/mol. The summed E-state index contributed by atoms with van der Waals surface area (Å²) < 4.78 is 4.82. The van der Waals surface area contributed by atoms with Gasteiger partial charge in [0.25, 0.3) is 5.91 Å². The smallest absolute Gasteiger partial charge is 0.251 e. The van der Waals surface area contributed by atoms with Crippen LogP contribution in [-0.2, 0) is 9.53 Å². The van der Waals surface area contributed by atoms with Crippen LogP contribution in [0.2, 0.25) is 10.0 Å². The number of nitrogens with zero attached hydrogens (tertiary/aromatic N) is 3. The van der Waals surface area contributed by atoms with Gasteiger partial charge in [-0.25, -0.2) is 9.98 Å². The van der Waals surface area contributed by atoms with Crippen LogP contribution in [0.15, 0.2) is 41.5 Å². The average molecular weight is 487 g/mol. The van der Waals surface area contributed by atoms with Crippen molar-refractivity contribution in [2.45, 2.75) is 0 Å². The van der Waals surface area contributed by atoms with Gasteiger partial charge in [-0.3, -0.25) is 10.2 Å². The van der Waals surface area contributed by atoms with Crippen molar-refractivity contribution < 1.29 is 9.53 Å². The van der Waals surface area contributed by atoms with E-state index in [0.717, 1.165) is 6.34 Å². The number of carbonyl (C=O) groups excluding carboxylic acids is 1. The maximum Gasteiger partial charge on any atom is 0.251 e. The molecule has 162 valence electrons. The molecule has 0 aliphatic carbocycles. The third-order valence-electron chi connectivity index (χ3n) is 4.22. The number of nitrogens with one attached hydrogen (secondary N) is 2. The molecule has 2 heterocycles. The number of amidine groups is 1. The molecule has 0 saturated carbocycles. The lowest BCUT2D eigenvalue weighted by Crippen LogP contribution is -2.17. The zero-order valence-electron chi connectivity index (χ0n) is 16.6. The number of anilines is 1. The molecule has 0 fully saturated rings. The van der Waals surface area contributed by atoms with Crippen molar-refractivity contribution in [2.75, 3.05) is 19.0 Å². The molecule has 0 saturated heterocycles. The number of methoxy groups -OCH3 is 1. The molecule has 0 aliphatic heterocycles. The predicted octanol–water partition coefficient (Wildman–Crippen LogP) is 4.55. The van der Waals surface area contributed by atoms with Crippen LogP contribution in [0, 0.1) is 16.7 Å². The fraction of sp³-hybridized carbons (Fsp3) is 0.0952. The van der Waals surface area contributed by atoms with E-state index in [-0.39, 0.29) is 18.3 Å². The van der Waals surface area contributed by atoms with Gasteiger partial charge in [0.2, 0.25) is 0 Å². The number of carbonyl (C=O) groups is 1. The van der Waals surface area contributed by atoms with Crippen molar-refractivity contribution in [2.24, 2.45) is 10.7 Å². The Kier molecular flexibility index (Phi) is 7.56. The highest BCUT2D eigenvalue weighted by Crippen LogP contribution is 2.44. The van der Waals surface area contributed by atoms with Gasteiger partial charge in [0.15, 0.2) is 0 Å². The first kappa shape index (κ1) is 23.4. The summed E-state index contributed by atoms with van der Waals surface area (Å²) in [6.45, 7) is -0.117. The summed E-state index contributed by atoms with van der Waals surface area (Å²) in [6.07, 6.45) is 2.34. The molecule has 0 atom stereocenters. The second kappa shape index (κ2) is 10.3. The first-order chi connectivity index (χ1) is 15.4. The molecule has 11 heteroatoms. The Morgan fingerprint density at radius 2 is 2.19 bits per heavy atom. The minimum atomic E-state index is -0.361. The van der Waals surface area contributed by atoms with E-state index in [2.05, 4.69) is 21.4 Å². The highest BCUT2D eigenvalue weighted by molar-refractivity contribution is 7.18. The van der Waals surface area contributed by atoms with Gasteiger partial charge in [-0.1, -0.05) is 29.3 Å². The van der Waals surface area contributed by atoms with E-state index < -0.39 is 0 Å². The number of hydrogen-bond acceptors (Lipinski definition) is 6. The standard InChI is InChI=1S/C21H16Cl2N6O2S/c1-31-9-17(30)29-16-6-11(4-5-27-16)19-14(8-24)18(20(32-19)21(26)28-10-25)13-3-2-12(22)7-15(13)23/h2-7,10H,9H2,1H3,(H3,25,26,28)(H,27,29,30). The van der Waals surface area contributed by atoms with Gasteiger partial charge in [-0.05, 0) is 29.8 Å². The minimum Gasteiger partial charge on any atom is -0.382 e. The summed E-state index contributed by atoms with van der Waals surface area (Å²) in [7, 11) is 1.42. The van der Waals surface area contributed by atoms with E-state index >= 15 is 0 Å². The summed E-state index contributed by atoms with van der Waals surface area (Å²) in [5.41, 5.74) is 8.10. The van der Waals surface area contributed by atoms with Crippen molar-refractivity contribution in [3.05, 3.63) is 57.0 Å². The number of hydrogen-bond donors (Lipinski definition) is 3. The number of halogens is 2. The van der Waals surface area contributed by atoms with Crippen molar-refractivity contribution in [3.63, 3.8) is 0 Å². The van der Waals surface area contributed by atoms with Gasteiger partial charge < -0.3 is 15.8 Å². The average Bonchev–Trinajstić information content (AvgIpc) is 3.14. The van der Waals surface area contributed by atoms with Crippen molar-refractivity contribution in [3.8, 4) is 27.6 Å². The van der Waals surface area contributed by atoms with Crippen LogP contribution in [0.5, 0.6) is 0 Å². The molecule has 32 heavy (non-hydrogen) atoms. The number of pyridine rings is 1. The molecule has 0 radical (unpaired) electrons. The number of rotatable bonds is 7. The quantitative estimate of drug-likeness (QED) is 0.332. The lowest BCUT2D eigenvalue weighted by molar-refractivity contribution is -0.119. The maximum atomic E-state index is 11.8. The predicted molar refractivity (Wildman–Crippen MR) is 128 cm³/mol. The number of ether oxygens (including phenoxy) is 1. The van der Waals surface area contributed by atoms with E-state index in [1.165, 1.54) is 24.6 Å². The van der Waals surface area contributed by atoms with E-state index in [1.807, 2.05) is 0 Å². The third kappa shape index (κ3) is 4.95. The Balaban J connectivity index is 2.23. The SMILES string of the molecule is COCC(=O)Nc1cc(-c2sc(C(N)=NC=N)c(-c3ccc(Cl)cc3Cl)c2C#N)ccn1. The van der Waals surface area contributed by atoms with Crippen molar-refractivity contribution in [1.29, 1.82) is 10.7 Å². The molecule has 3 aromatic rings. The second-order valence-corrected chi connectivity index (χ2v) is 8.16. The highest BCUT2D eigenvalue weighted by Gasteiger charge is 2.24. The largest absolute Gasteiger partial charge is 0.382 e. The van der Waals surface area contributed by atoms with Crippen LogP contribution in [-0.4, -0.2) is 36.8 Å². The molecule has 1 amide bonds. The van der Waals surface area contributed by atoms with Crippen LogP contribution in [0.1, 0.15) is 10.4 Å².